The van der Waals surface area contributed by atoms with E-state index in [0.29, 0.717) is 11.1 Å². The standard InChI is InChI=1S/C16H18N4O3S2.H4N2/c17-16(18)15-13(2-1-3-14(15)24(19)21)10-4-8-12(9-5-10)25(22,23)20-11-6-7-11;1-2/h1-5,8-9,11,20H,6-7,19H2,(H3,17,18);1-2H2. The Hall–Kier alpha value is -2.15. The highest BCUT2D eigenvalue weighted by Crippen LogP contribution is 2.29. The number of nitrogens with one attached hydrogen (secondary N) is 2. The van der Waals surface area contributed by atoms with Gasteiger partial charge in [-0.05, 0) is 42.2 Å². The van der Waals surface area contributed by atoms with Crippen LogP contribution < -0.4 is 27.3 Å². The van der Waals surface area contributed by atoms with Crippen LogP contribution in [-0.4, -0.2) is 24.5 Å². The monoisotopic (exact) mass is 410 g/mol. The molecule has 10 N–H and O–H groups in total. The van der Waals surface area contributed by atoms with Gasteiger partial charge in [0.1, 0.15) is 16.8 Å². The first-order chi connectivity index (χ1) is 12.8. The smallest absolute Gasteiger partial charge is 0.240 e. The van der Waals surface area contributed by atoms with Crippen LogP contribution in [0.15, 0.2) is 52.3 Å². The van der Waals surface area contributed by atoms with E-state index in [1.54, 1.807) is 30.3 Å². The molecular formula is C16H22N6O3S2. The second-order valence-corrected chi connectivity index (χ2v) is 8.56. The lowest BCUT2D eigenvalue weighted by Crippen LogP contribution is -2.25. The Morgan fingerprint density at radius 2 is 1.70 bits per heavy atom. The number of sulfonamides is 1. The SMILES string of the molecule is N=C(N)c1c(-c2ccc(S(=O)(=O)NC3CC3)cc2)cccc1S(N)=O.NN. The highest BCUT2D eigenvalue weighted by Gasteiger charge is 2.28. The van der Waals surface area contributed by atoms with Crippen molar-refractivity contribution >= 4 is 26.8 Å². The zero-order valence-corrected chi connectivity index (χ0v) is 16.0. The number of hydrogen-bond acceptors (Lipinski definition) is 6. The third-order valence-corrected chi connectivity index (χ3v) is 6.20. The zero-order chi connectivity index (χ0) is 20.2. The molecule has 2 aromatic rings. The quantitative estimate of drug-likeness (QED) is 0.166. The zero-order valence-electron chi connectivity index (χ0n) is 14.4. The highest BCUT2D eigenvalue weighted by molar-refractivity contribution is 7.89. The van der Waals surface area contributed by atoms with Gasteiger partial charge in [0.05, 0.1) is 9.79 Å². The van der Waals surface area contributed by atoms with Gasteiger partial charge in [-0.25, -0.2) is 22.5 Å². The Balaban J connectivity index is 0.00000126. The molecule has 27 heavy (non-hydrogen) atoms. The molecule has 0 heterocycles. The summed E-state index contributed by atoms with van der Waals surface area (Å²) in [5.41, 5.74) is 7.15. The first-order valence-corrected chi connectivity index (χ1v) is 10.6. The largest absolute Gasteiger partial charge is 0.384 e. The highest BCUT2D eigenvalue weighted by atomic mass is 32.2. The van der Waals surface area contributed by atoms with E-state index in [0.717, 1.165) is 12.8 Å². The lowest BCUT2D eigenvalue weighted by Gasteiger charge is -2.13. The van der Waals surface area contributed by atoms with Gasteiger partial charge in [0, 0.05) is 11.6 Å². The van der Waals surface area contributed by atoms with Crippen molar-refractivity contribution in [2.75, 3.05) is 0 Å². The maximum absolute atomic E-state index is 12.2. The number of nitrogen functional groups attached to an aromatic ring is 1. The Labute approximate surface area is 160 Å². The Bertz CT molecular complexity index is 957. The molecule has 1 aliphatic carbocycles. The van der Waals surface area contributed by atoms with Crippen molar-refractivity contribution in [3.8, 4) is 11.1 Å². The van der Waals surface area contributed by atoms with Crippen molar-refractivity contribution in [1.29, 1.82) is 5.41 Å². The summed E-state index contributed by atoms with van der Waals surface area (Å²) in [7, 11) is -5.32. The van der Waals surface area contributed by atoms with Crippen molar-refractivity contribution < 1.29 is 12.6 Å². The predicted molar refractivity (Wildman–Crippen MR) is 105 cm³/mol. The van der Waals surface area contributed by atoms with Crippen LogP contribution in [0.25, 0.3) is 11.1 Å². The molecule has 3 rings (SSSR count). The number of benzene rings is 2. The maximum Gasteiger partial charge on any atom is 0.240 e. The van der Waals surface area contributed by atoms with E-state index in [-0.39, 0.29) is 27.2 Å². The molecule has 2 aromatic carbocycles. The molecule has 1 fully saturated rings. The summed E-state index contributed by atoms with van der Waals surface area (Å²) in [5, 5.41) is 13.2. The molecule has 0 radical (unpaired) electrons. The van der Waals surface area contributed by atoms with Gasteiger partial charge in [0.2, 0.25) is 10.0 Å². The second kappa shape index (κ2) is 8.69. The van der Waals surface area contributed by atoms with Crippen LogP contribution in [0.3, 0.4) is 0 Å². The molecule has 9 nitrogen and oxygen atoms in total. The molecule has 0 saturated heterocycles. The fraction of sp³-hybridized carbons (Fsp3) is 0.188. The van der Waals surface area contributed by atoms with E-state index in [4.69, 9.17) is 16.3 Å². The van der Waals surface area contributed by atoms with Gasteiger partial charge in [0.15, 0.2) is 0 Å². The van der Waals surface area contributed by atoms with Crippen molar-refractivity contribution in [3.63, 3.8) is 0 Å². The minimum absolute atomic E-state index is 0.0326. The van der Waals surface area contributed by atoms with Crippen molar-refractivity contribution in [3.05, 3.63) is 48.0 Å². The molecular weight excluding hydrogens is 388 g/mol. The Morgan fingerprint density at radius 1 is 1.11 bits per heavy atom. The van der Waals surface area contributed by atoms with Crippen LogP contribution in [0.1, 0.15) is 18.4 Å². The van der Waals surface area contributed by atoms with Gasteiger partial charge in [-0.1, -0.05) is 24.3 Å². The van der Waals surface area contributed by atoms with Gasteiger partial charge in [-0.3, -0.25) is 17.1 Å². The number of amidine groups is 1. The summed E-state index contributed by atoms with van der Waals surface area (Å²) in [6.07, 6.45) is 1.73. The summed E-state index contributed by atoms with van der Waals surface area (Å²) in [6.45, 7) is 0. The molecule has 0 aromatic heterocycles. The molecule has 11 heteroatoms. The van der Waals surface area contributed by atoms with Crippen molar-refractivity contribution in [2.45, 2.75) is 28.7 Å². The number of nitrogens with two attached hydrogens (primary N) is 4. The van der Waals surface area contributed by atoms with Crippen molar-refractivity contribution in [1.82, 2.24) is 4.72 Å². The average Bonchev–Trinajstić information content (AvgIpc) is 3.46. The molecule has 1 atom stereocenters. The molecule has 0 amide bonds. The summed E-state index contributed by atoms with van der Waals surface area (Å²) >= 11 is 0. The summed E-state index contributed by atoms with van der Waals surface area (Å²) in [6, 6.07) is 11.2. The first kappa shape index (κ1) is 21.2. The fourth-order valence-corrected chi connectivity index (χ4v) is 4.46. The van der Waals surface area contributed by atoms with Crippen LogP contribution in [0, 0.1) is 5.41 Å². The van der Waals surface area contributed by atoms with Gasteiger partial charge in [-0.15, -0.1) is 0 Å². The molecule has 146 valence electrons. The van der Waals surface area contributed by atoms with E-state index in [1.807, 2.05) is 0 Å². The lowest BCUT2D eigenvalue weighted by atomic mass is 9.99. The van der Waals surface area contributed by atoms with Crippen LogP contribution in [0.2, 0.25) is 0 Å². The normalized spacial score (nSPS) is 14.8. The summed E-state index contributed by atoms with van der Waals surface area (Å²) in [4.78, 5) is 0.433. The van der Waals surface area contributed by atoms with E-state index in [1.165, 1.54) is 12.1 Å². The molecule has 1 saturated carbocycles. The average molecular weight is 411 g/mol. The Morgan fingerprint density at radius 3 is 2.19 bits per heavy atom. The second-order valence-electron chi connectivity index (χ2n) is 5.81. The van der Waals surface area contributed by atoms with Crippen LogP contribution in [0.5, 0.6) is 0 Å². The van der Waals surface area contributed by atoms with Crippen LogP contribution in [0.4, 0.5) is 0 Å². The minimum Gasteiger partial charge on any atom is -0.384 e. The fourth-order valence-electron chi connectivity index (χ4n) is 2.52. The number of hydrogen-bond donors (Lipinski definition) is 6. The Kier molecular flexibility index (Phi) is 6.81. The molecule has 1 unspecified atom stereocenters. The van der Waals surface area contributed by atoms with Crippen LogP contribution >= 0.6 is 0 Å². The first-order valence-electron chi connectivity index (χ1n) is 7.89. The van der Waals surface area contributed by atoms with E-state index >= 15 is 0 Å². The molecule has 0 bridgehead atoms. The maximum atomic E-state index is 12.2. The van der Waals surface area contributed by atoms with Crippen LogP contribution in [-0.2, 0) is 21.0 Å². The van der Waals surface area contributed by atoms with Crippen molar-refractivity contribution in [2.24, 2.45) is 22.6 Å². The van der Waals surface area contributed by atoms with Gasteiger partial charge < -0.3 is 5.73 Å². The van der Waals surface area contributed by atoms with Gasteiger partial charge in [0.25, 0.3) is 0 Å². The minimum atomic E-state index is -3.53. The molecule has 0 spiro atoms. The number of hydrazine groups is 1. The van der Waals surface area contributed by atoms with E-state index in [2.05, 4.69) is 16.4 Å². The summed E-state index contributed by atoms with van der Waals surface area (Å²) in [5.74, 6) is 7.75. The van der Waals surface area contributed by atoms with E-state index < -0.39 is 21.0 Å². The third-order valence-electron chi connectivity index (χ3n) is 3.89. The number of rotatable bonds is 6. The summed E-state index contributed by atoms with van der Waals surface area (Å²) < 4.78 is 38.8. The predicted octanol–water partition coefficient (Wildman–Crippen LogP) is -0.122. The van der Waals surface area contributed by atoms with Gasteiger partial charge >= 0.3 is 0 Å². The topological polar surface area (TPSA) is 191 Å². The molecule has 1 aliphatic rings. The third kappa shape index (κ3) is 4.97. The van der Waals surface area contributed by atoms with E-state index in [9.17, 15) is 12.6 Å². The molecule has 0 aliphatic heterocycles. The lowest BCUT2D eigenvalue weighted by molar-refractivity contribution is 0.581. The van der Waals surface area contributed by atoms with Gasteiger partial charge in [-0.2, -0.15) is 0 Å².